The molecule has 0 bridgehead atoms. The molecule has 0 spiro atoms. The van der Waals surface area contributed by atoms with E-state index in [-0.39, 0.29) is 6.04 Å². The normalized spacial score (nSPS) is 23.1. The van der Waals surface area contributed by atoms with Crippen molar-refractivity contribution in [2.24, 2.45) is 5.73 Å². The summed E-state index contributed by atoms with van der Waals surface area (Å²) in [5.74, 6) is 1.06. The minimum atomic E-state index is 0.0354. The minimum absolute atomic E-state index is 0.0354. The van der Waals surface area contributed by atoms with Crippen molar-refractivity contribution in [1.29, 1.82) is 0 Å². The smallest absolute Gasteiger partial charge is 0.133 e. The van der Waals surface area contributed by atoms with Crippen LogP contribution in [0.5, 0.6) is 0 Å². The molecule has 0 aromatic carbocycles. The molecule has 2 heterocycles. The van der Waals surface area contributed by atoms with Crippen molar-refractivity contribution in [3.63, 3.8) is 0 Å². The minimum Gasteiger partial charge on any atom is -0.354 e. The van der Waals surface area contributed by atoms with Gasteiger partial charge in [-0.2, -0.15) is 0 Å². The van der Waals surface area contributed by atoms with Crippen molar-refractivity contribution in [1.82, 2.24) is 9.88 Å². The molecule has 2 unspecified atom stereocenters. The maximum Gasteiger partial charge on any atom is 0.133 e. The van der Waals surface area contributed by atoms with E-state index in [0.29, 0.717) is 6.04 Å². The molecule has 1 fully saturated rings. The molecule has 1 aliphatic rings. The van der Waals surface area contributed by atoms with E-state index in [1.54, 1.807) is 0 Å². The van der Waals surface area contributed by atoms with E-state index in [0.717, 1.165) is 37.6 Å². The highest BCUT2D eigenvalue weighted by atomic mass is 15.3. The van der Waals surface area contributed by atoms with Crippen LogP contribution in [0.25, 0.3) is 0 Å². The average molecular weight is 248 g/mol. The van der Waals surface area contributed by atoms with Crippen LogP contribution in [0.15, 0.2) is 18.3 Å². The largest absolute Gasteiger partial charge is 0.354 e. The van der Waals surface area contributed by atoms with Gasteiger partial charge in [-0.25, -0.2) is 4.98 Å². The Morgan fingerprint density at radius 1 is 1.50 bits per heavy atom. The average Bonchev–Trinajstić information content (AvgIpc) is 2.38. The third-order valence-electron chi connectivity index (χ3n) is 3.78. The van der Waals surface area contributed by atoms with E-state index >= 15 is 0 Å². The molecule has 0 radical (unpaired) electrons. The number of piperazine rings is 1. The zero-order valence-electron chi connectivity index (χ0n) is 11.6. The number of nitrogens with two attached hydrogens (primary N) is 1. The molecule has 4 heteroatoms. The van der Waals surface area contributed by atoms with Gasteiger partial charge in [-0.1, -0.05) is 13.0 Å². The molecule has 0 aliphatic carbocycles. The standard InChI is InChI=1S/C14H24N4/c1-4-17-8-9-18(10-11(17)2)14-13(12(3)15)6-5-7-16-14/h5-7,11-12H,4,8-10,15H2,1-3H3. The highest BCUT2D eigenvalue weighted by Crippen LogP contribution is 2.24. The van der Waals surface area contributed by atoms with Crippen LogP contribution in [-0.4, -0.2) is 42.1 Å². The van der Waals surface area contributed by atoms with Crippen LogP contribution in [0.3, 0.4) is 0 Å². The number of hydrogen-bond donors (Lipinski definition) is 1. The lowest BCUT2D eigenvalue weighted by atomic mass is 10.1. The third-order valence-corrected chi connectivity index (χ3v) is 3.78. The van der Waals surface area contributed by atoms with E-state index < -0.39 is 0 Å². The number of hydrogen-bond acceptors (Lipinski definition) is 4. The van der Waals surface area contributed by atoms with Gasteiger partial charge < -0.3 is 10.6 Å². The van der Waals surface area contributed by atoms with Gasteiger partial charge in [0.15, 0.2) is 0 Å². The first-order chi connectivity index (χ1) is 8.63. The van der Waals surface area contributed by atoms with Crippen molar-refractivity contribution < 1.29 is 0 Å². The van der Waals surface area contributed by atoms with Crippen LogP contribution in [0.1, 0.15) is 32.4 Å². The van der Waals surface area contributed by atoms with Crippen LogP contribution in [0.4, 0.5) is 5.82 Å². The number of aromatic nitrogens is 1. The Bertz CT molecular complexity index is 391. The summed E-state index contributed by atoms with van der Waals surface area (Å²) in [6, 6.07) is 4.66. The number of anilines is 1. The quantitative estimate of drug-likeness (QED) is 0.883. The fraction of sp³-hybridized carbons (Fsp3) is 0.643. The molecule has 1 aromatic rings. The molecule has 0 amide bonds. The van der Waals surface area contributed by atoms with Crippen molar-refractivity contribution in [2.45, 2.75) is 32.9 Å². The van der Waals surface area contributed by atoms with E-state index in [9.17, 15) is 0 Å². The maximum atomic E-state index is 6.03. The van der Waals surface area contributed by atoms with Crippen molar-refractivity contribution >= 4 is 5.82 Å². The van der Waals surface area contributed by atoms with Crippen molar-refractivity contribution in [3.05, 3.63) is 23.9 Å². The number of nitrogens with zero attached hydrogens (tertiary/aromatic N) is 3. The van der Waals surface area contributed by atoms with Gasteiger partial charge in [-0.05, 0) is 26.5 Å². The maximum absolute atomic E-state index is 6.03. The summed E-state index contributed by atoms with van der Waals surface area (Å²) < 4.78 is 0. The second-order valence-electron chi connectivity index (χ2n) is 5.13. The monoisotopic (exact) mass is 248 g/mol. The Morgan fingerprint density at radius 3 is 2.89 bits per heavy atom. The Hall–Kier alpha value is -1.13. The van der Waals surface area contributed by atoms with Gasteiger partial charge in [-0.15, -0.1) is 0 Å². The summed E-state index contributed by atoms with van der Waals surface area (Å²) >= 11 is 0. The second-order valence-corrected chi connectivity index (χ2v) is 5.13. The van der Waals surface area contributed by atoms with Gasteiger partial charge in [0.1, 0.15) is 5.82 Å². The molecule has 100 valence electrons. The number of rotatable bonds is 3. The van der Waals surface area contributed by atoms with Crippen molar-refractivity contribution in [2.75, 3.05) is 31.1 Å². The Balaban J connectivity index is 2.18. The van der Waals surface area contributed by atoms with Gasteiger partial charge in [0.2, 0.25) is 0 Å². The van der Waals surface area contributed by atoms with Gasteiger partial charge in [0.25, 0.3) is 0 Å². The molecule has 4 nitrogen and oxygen atoms in total. The molecular weight excluding hydrogens is 224 g/mol. The molecular formula is C14H24N4. The molecule has 2 N–H and O–H groups in total. The lowest BCUT2D eigenvalue weighted by Crippen LogP contribution is -2.52. The van der Waals surface area contributed by atoms with E-state index in [1.807, 2.05) is 19.2 Å². The molecule has 18 heavy (non-hydrogen) atoms. The van der Waals surface area contributed by atoms with Crippen LogP contribution < -0.4 is 10.6 Å². The lowest BCUT2D eigenvalue weighted by molar-refractivity contribution is 0.199. The molecule has 1 aliphatic heterocycles. The summed E-state index contributed by atoms with van der Waals surface area (Å²) in [5, 5.41) is 0. The fourth-order valence-corrected chi connectivity index (χ4v) is 2.69. The Labute approximate surface area is 110 Å². The zero-order valence-corrected chi connectivity index (χ0v) is 11.6. The van der Waals surface area contributed by atoms with Crippen LogP contribution in [-0.2, 0) is 0 Å². The predicted molar refractivity (Wildman–Crippen MR) is 75.8 cm³/mol. The molecule has 0 saturated carbocycles. The first kappa shape index (κ1) is 13.3. The van der Waals surface area contributed by atoms with E-state index in [4.69, 9.17) is 5.73 Å². The number of pyridine rings is 1. The summed E-state index contributed by atoms with van der Waals surface area (Å²) in [6.07, 6.45) is 1.86. The zero-order chi connectivity index (χ0) is 13.1. The summed E-state index contributed by atoms with van der Waals surface area (Å²) in [7, 11) is 0. The van der Waals surface area contributed by atoms with Gasteiger partial charge in [0.05, 0.1) is 0 Å². The summed E-state index contributed by atoms with van der Waals surface area (Å²) in [5.41, 5.74) is 7.18. The number of likely N-dealkylation sites (N-methyl/N-ethyl adjacent to an activating group) is 1. The van der Waals surface area contributed by atoms with Gasteiger partial charge in [0, 0.05) is 43.5 Å². The highest BCUT2D eigenvalue weighted by molar-refractivity contribution is 5.48. The van der Waals surface area contributed by atoms with Gasteiger partial charge >= 0.3 is 0 Å². The fourth-order valence-electron chi connectivity index (χ4n) is 2.69. The topological polar surface area (TPSA) is 45.4 Å². The van der Waals surface area contributed by atoms with Crippen LogP contribution in [0.2, 0.25) is 0 Å². The summed E-state index contributed by atoms with van der Waals surface area (Å²) in [4.78, 5) is 9.41. The van der Waals surface area contributed by atoms with E-state index in [2.05, 4.69) is 34.7 Å². The van der Waals surface area contributed by atoms with Gasteiger partial charge in [-0.3, -0.25) is 4.90 Å². The molecule has 1 aromatic heterocycles. The molecule has 2 rings (SSSR count). The third kappa shape index (κ3) is 2.65. The second kappa shape index (κ2) is 5.67. The molecule has 2 atom stereocenters. The SMILES string of the molecule is CCN1CCN(c2ncccc2C(C)N)CC1C. The first-order valence-corrected chi connectivity index (χ1v) is 6.83. The predicted octanol–water partition coefficient (Wildman–Crippen LogP) is 1.63. The highest BCUT2D eigenvalue weighted by Gasteiger charge is 2.24. The summed E-state index contributed by atoms with van der Waals surface area (Å²) in [6.45, 7) is 10.8. The van der Waals surface area contributed by atoms with Crippen LogP contribution in [0, 0.1) is 0 Å². The molecule has 1 saturated heterocycles. The lowest BCUT2D eigenvalue weighted by Gasteiger charge is -2.40. The van der Waals surface area contributed by atoms with E-state index in [1.165, 1.54) is 0 Å². The van der Waals surface area contributed by atoms with Crippen LogP contribution >= 0.6 is 0 Å². The Kier molecular flexibility index (Phi) is 4.19. The van der Waals surface area contributed by atoms with Crippen molar-refractivity contribution in [3.8, 4) is 0 Å². The first-order valence-electron chi connectivity index (χ1n) is 6.83. The Morgan fingerprint density at radius 2 is 2.28 bits per heavy atom.